The number of halogens is 3. The van der Waals surface area contributed by atoms with Crippen LogP contribution in [0.1, 0.15) is 5.82 Å². The summed E-state index contributed by atoms with van der Waals surface area (Å²) in [6.45, 7) is 0. The molecular weight excluding hydrogens is 301 g/mol. The van der Waals surface area contributed by atoms with Crippen LogP contribution in [0.3, 0.4) is 0 Å². The first-order chi connectivity index (χ1) is 8.13. The molecule has 0 fully saturated rings. The molecule has 3 nitrogen and oxygen atoms in total. The standard InChI is InChI=1S/C10H4Cl3N3S/c11-6-3-1-2-5(8(6)12)9-10(13)14-7(4-17)15-16-9/h1-4H. The van der Waals surface area contributed by atoms with E-state index in [0.29, 0.717) is 21.3 Å². The Hall–Kier alpha value is -0.810. The van der Waals surface area contributed by atoms with Gasteiger partial charge in [-0.3, -0.25) is 0 Å². The molecule has 0 aliphatic heterocycles. The fourth-order valence-electron chi connectivity index (χ4n) is 1.22. The fraction of sp³-hybridized carbons (Fsp3) is 0. The van der Waals surface area contributed by atoms with E-state index in [4.69, 9.17) is 34.8 Å². The minimum absolute atomic E-state index is 0.181. The molecule has 0 spiro atoms. The van der Waals surface area contributed by atoms with Crippen LogP contribution in [0.4, 0.5) is 0 Å². The van der Waals surface area contributed by atoms with E-state index in [-0.39, 0.29) is 11.0 Å². The van der Waals surface area contributed by atoms with Gasteiger partial charge in [-0.2, -0.15) is 0 Å². The smallest absolute Gasteiger partial charge is 0.186 e. The number of nitrogens with zero attached hydrogens (tertiary/aromatic N) is 3. The van der Waals surface area contributed by atoms with Gasteiger partial charge in [-0.05, 0) is 6.07 Å². The number of hydrogen-bond acceptors (Lipinski definition) is 4. The maximum absolute atomic E-state index is 6.06. The topological polar surface area (TPSA) is 38.7 Å². The molecule has 0 radical (unpaired) electrons. The third-order valence-electron chi connectivity index (χ3n) is 1.97. The predicted octanol–water partition coefficient (Wildman–Crippen LogP) is 3.85. The first-order valence-corrected chi connectivity index (χ1v) is 6.04. The molecule has 0 bridgehead atoms. The minimum Gasteiger partial charge on any atom is -0.212 e. The van der Waals surface area contributed by atoms with E-state index >= 15 is 0 Å². The van der Waals surface area contributed by atoms with Gasteiger partial charge in [-0.1, -0.05) is 59.2 Å². The Labute approximate surface area is 118 Å². The van der Waals surface area contributed by atoms with Crippen LogP contribution < -0.4 is 0 Å². The minimum atomic E-state index is 0.181. The summed E-state index contributed by atoms with van der Waals surface area (Å²) in [6.07, 6.45) is 0. The average Bonchev–Trinajstić information content (AvgIpc) is 2.33. The molecule has 2 aromatic rings. The van der Waals surface area contributed by atoms with Gasteiger partial charge >= 0.3 is 0 Å². The lowest BCUT2D eigenvalue weighted by Crippen LogP contribution is -1.99. The molecular formula is C10H4Cl3N3S. The summed E-state index contributed by atoms with van der Waals surface area (Å²) >= 11 is 22.6. The summed E-state index contributed by atoms with van der Waals surface area (Å²) in [5, 5.41) is 9.99. The third-order valence-corrected chi connectivity index (χ3v) is 3.27. The molecule has 0 saturated heterocycles. The number of thiocarbonyl (C=S) groups is 1. The van der Waals surface area contributed by atoms with Crippen LogP contribution in [0, 0.1) is 0 Å². The number of hydrogen-bond donors (Lipinski definition) is 0. The van der Waals surface area contributed by atoms with Gasteiger partial charge in [0.25, 0.3) is 0 Å². The second-order valence-electron chi connectivity index (χ2n) is 3.03. The molecule has 0 atom stereocenters. The number of aromatic nitrogens is 3. The molecule has 0 aliphatic rings. The molecule has 0 saturated carbocycles. The van der Waals surface area contributed by atoms with Crippen molar-refractivity contribution in [2.75, 3.05) is 0 Å². The van der Waals surface area contributed by atoms with E-state index in [2.05, 4.69) is 27.4 Å². The number of rotatable bonds is 2. The van der Waals surface area contributed by atoms with Gasteiger partial charge in [0.05, 0.1) is 10.0 Å². The third kappa shape index (κ3) is 2.55. The van der Waals surface area contributed by atoms with Gasteiger partial charge in [-0.15, -0.1) is 10.2 Å². The highest BCUT2D eigenvalue weighted by Crippen LogP contribution is 2.34. The predicted molar refractivity (Wildman–Crippen MR) is 73.1 cm³/mol. The van der Waals surface area contributed by atoms with Gasteiger partial charge in [0.1, 0.15) is 5.69 Å². The molecule has 0 amide bonds. The zero-order chi connectivity index (χ0) is 12.4. The SMILES string of the molecule is S=Cc1nnc(-c2cccc(Cl)c2Cl)c(Cl)n1. The molecule has 17 heavy (non-hydrogen) atoms. The lowest BCUT2D eigenvalue weighted by Gasteiger charge is -2.05. The zero-order valence-electron chi connectivity index (χ0n) is 8.19. The Kier molecular flexibility index (Phi) is 3.89. The summed E-state index contributed by atoms with van der Waals surface area (Å²) in [4.78, 5) is 3.97. The molecule has 1 aromatic carbocycles. The van der Waals surface area contributed by atoms with Crippen molar-refractivity contribution in [3.8, 4) is 11.3 Å². The van der Waals surface area contributed by atoms with E-state index in [9.17, 15) is 0 Å². The molecule has 7 heteroatoms. The van der Waals surface area contributed by atoms with E-state index in [1.165, 1.54) is 5.37 Å². The van der Waals surface area contributed by atoms with E-state index in [1.807, 2.05) is 0 Å². The highest BCUT2D eigenvalue weighted by atomic mass is 35.5. The maximum Gasteiger partial charge on any atom is 0.186 e. The fourth-order valence-corrected chi connectivity index (χ4v) is 1.94. The van der Waals surface area contributed by atoms with E-state index in [0.717, 1.165) is 0 Å². The van der Waals surface area contributed by atoms with Crippen molar-refractivity contribution in [3.63, 3.8) is 0 Å². The van der Waals surface area contributed by atoms with E-state index < -0.39 is 0 Å². The van der Waals surface area contributed by atoms with Crippen molar-refractivity contribution >= 4 is 52.4 Å². The van der Waals surface area contributed by atoms with Crippen LogP contribution in [0.2, 0.25) is 15.2 Å². The second-order valence-corrected chi connectivity index (χ2v) is 4.41. The Bertz CT molecular complexity index is 589. The van der Waals surface area contributed by atoms with Crippen LogP contribution in [-0.2, 0) is 0 Å². The van der Waals surface area contributed by atoms with Gasteiger partial charge in [-0.25, -0.2) is 4.98 Å². The second kappa shape index (κ2) is 5.23. The summed E-state index contributed by atoms with van der Waals surface area (Å²) < 4.78 is 0. The van der Waals surface area contributed by atoms with Gasteiger partial charge in [0.2, 0.25) is 0 Å². The lowest BCUT2D eigenvalue weighted by molar-refractivity contribution is 0.967. The van der Waals surface area contributed by atoms with Gasteiger partial charge in [0.15, 0.2) is 11.0 Å². The molecule has 86 valence electrons. The zero-order valence-corrected chi connectivity index (χ0v) is 11.3. The Morgan fingerprint density at radius 3 is 2.53 bits per heavy atom. The molecule has 0 aliphatic carbocycles. The van der Waals surface area contributed by atoms with Gasteiger partial charge < -0.3 is 0 Å². The molecule has 1 heterocycles. The van der Waals surface area contributed by atoms with Crippen molar-refractivity contribution in [2.45, 2.75) is 0 Å². The molecule has 0 unspecified atom stereocenters. The Morgan fingerprint density at radius 2 is 1.88 bits per heavy atom. The first kappa shape index (κ1) is 12.6. The number of benzene rings is 1. The van der Waals surface area contributed by atoms with Crippen LogP contribution >= 0.6 is 47.0 Å². The van der Waals surface area contributed by atoms with Crippen LogP contribution in [0.5, 0.6) is 0 Å². The highest BCUT2D eigenvalue weighted by Gasteiger charge is 2.13. The lowest BCUT2D eigenvalue weighted by atomic mass is 10.2. The highest BCUT2D eigenvalue weighted by molar-refractivity contribution is 7.79. The first-order valence-electron chi connectivity index (χ1n) is 4.43. The molecule has 1 aromatic heterocycles. The normalized spacial score (nSPS) is 10.3. The van der Waals surface area contributed by atoms with Crippen molar-refractivity contribution in [1.29, 1.82) is 0 Å². The largest absolute Gasteiger partial charge is 0.212 e. The van der Waals surface area contributed by atoms with Gasteiger partial charge in [0, 0.05) is 10.9 Å². The summed E-state index contributed by atoms with van der Waals surface area (Å²) in [6, 6.07) is 5.16. The van der Waals surface area contributed by atoms with Crippen molar-refractivity contribution < 1.29 is 0 Å². The van der Waals surface area contributed by atoms with Crippen molar-refractivity contribution in [1.82, 2.24) is 15.2 Å². The van der Waals surface area contributed by atoms with Crippen molar-refractivity contribution in [3.05, 3.63) is 39.2 Å². The summed E-state index contributed by atoms with van der Waals surface area (Å²) in [7, 11) is 0. The average molecular weight is 305 g/mol. The van der Waals surface area contributed by atoms with Crippen LogP contribution in [-0.4, -0.2) is 20.5 Å². The monoisotopic (exact) mass is 303 g/mol. The van der Waals surface area contributed by atoms with Crippen LogP contribution in [0.15, 0.2) is 18.2 Å². The summed E-state index contributed by atoms with van der Waals surface area (Å²) in [5.41, 5.74) is 0.958. The van der Waals surface area contributed by atoms with Crippen molar-refractivity contribution in [2.24, 2.45) is 0 Å². The molecule has 0 N–H and O–H groups in total. The Balaban J connectivity index is 2.61. The quantitative estimate of drug-likeness (QED) is 0.790. The summed E-state index contributed by atoms with van der Waals surface area (Å²) in [5.74, 6) is 0.284. The maximum atomic E-state index is 6.06. The Morgan fingerprint density at radius 1 is 1.12 bits per heavy atom. The van der Waals surface area contributed by atoms with Crippen LogP contribution in [0.25, 0.3) is 11.3 Å². The van der Waals surface area contributed by atoms with E-state index in [1.54, 1.807) is 18.2 Å². The molecule has 2 rings (SSSR count).